The summed E-state index contributed by atoms with van der Waals surface area (Å²) in [5, 5.41) is 15.2. The van der Waals surface area contributed by atoms with Crippen molar-refractivity contribution in [2.45, 2.75) is 44.6 Å². The van der Waals surface area contributed by atoms with Crippen molar-refractivity contribution >= 4 is 23.5 Å². The van der Waals surface area contributed by atoms with Crippen molar-refractivity contribution in [3.8, 4) is 0 Å². The summed E-state index contributed by atoms with van der Waals surface area (Å²) in [6.45, 7) is 0. The Morgan fingerprint density at radius 2 is 1.54 bits per heavy atom. The van der Waals surface area contributed by atoms with Crippen LogP contribution in [0.25, 0.3) is 0 Å². The van der Waals surface area contributed by atoms with E-state index in [0.29, 0.717) is 28.3 Å². The Labute approximate surface area is 146 Å². The number of halogens is 1. The van der Waals surface area contributed by atoms with Gasteiger partial charge < -0.3 is 15.2 Å². The van der Waals surface area contributed by atoms with Gasteiger partial charge in [0.15, 0.2) is 0 Å². The standard InChI is InChI=1S/C19H22ClNO3/c20-15-3-1-14(2-4-15)17(22)21-16(18(23)24)19-8-11-5-12(9-19)7-13(6-11)10-19/h1-4,11-13,16H,5-10H2,(H,21,22)(H,23,24)/p-1/t11?,12?,13?,16-,19?/m1/s1. The first-order valence-electron chi connectivity index (χ1n) is 8.72. The molecule has 1 aromatic rings. The molecule has 0 spiro atoms. The molecule has 0 heterocycles. The number of carboxylic acid groups (broad SMARTS) is 1. The lowest BCUT2D eigenvalue weighted by atomic mass is 9.47. The van der Waals surface area contributed by atoms with Gasteiger partial charge in [-0.25, -0.2) is 0 Å². The van der Waals surface area contributed by atoms with Crippen molar-refractivity contribution in [2.24, 2.45) is 23.2 Å². The first-order valence-corrected chi connectivity index (χ1v) is 9.10. The zero-order valence-corrected chi connectivity index (χ0v) is 14.2. The molecule has 0 aromatic heterocycles. The van der Waals surface area contributed by atoms with Gasteiger partial charge in [0.2, 0.25) is 0 Å². The molecule has 0 aliphatic heterocycles. The number of rotatable bonds is 4. The van der Waals surface area contributed by atoms with Gasteiger partial charge in [-0.2, -0.15) is 0 Å². The summed E-state index contributed by atoms with van der Waals surface area (Å²) in [6, 6.07) is 5.59. The van der Waals surface area contributed by atoms with Gasteiger partial charge in [-0.05, 0) is 86.0 Å². The Bertz CT molecular complexity index is 634. The Morgan fingerprint density at radius 1 is 1.04 bits per heavy atom. The molecule has 0 saturated heterocycles. The summed E-state index contributed by atoms with van der Waals surface area (Å²) in [6.07, 6.45) is 6.38. The molecule has 4 aliphatic carbocycles. The van der Waals surface area contributed by atoms with Gasteiger partial charge in [0.25, 0.3) is 5.91 Å². The summed E-state index contributed by atoms with van der Waals surface area (Å²) in [5.41, 5.74) is 0.103. The number of carbonyl (C=O) groups is 2. The highest BCUT2D eigenvalue weighted by molar-refractivity contribution is 6.30. The van der Waals surface area contributed by atoms with Crippen LogP contribution in [0.3, 0.4) is 0 Å². The SMILES string of the molecule is O=C(N[C@H](C(=O)[O-])C12CC3CC(CC(C3)C1)C2)c1ccc(Cl)cc1. The Balaban J connectivity index is 1.57. The molecule has 4 nitrogen and oxygen atoms in total. The van der Waals surface area contributed by atoms with Crippen LogP contribution in [-0.4, -0.2) is 17.9 Å². The van der Waals surface area contributed by atoms with Crippen LogP contribution in [0.5, 0.6) is 0 Å². The third-order valence-corrected chi connectivity index (χ3v) is 6.57. The number of nitrogens with one attached hydrogen (secondary N) is 1. The summed E-state index contributed by atoms with van der Waals surface area (Å²) < 4.78 is 0. The van der Waals surface area contributed by atoms with Crippen LogP contribution >= 0.6 is 11.6 Å². The molecule has 24 heavy (non-hydrogen) atoms. The van der Waals surface area contributed by atoms with E-state index in [4.69, 9.17) is 11.6 Å². The molecule has 0 radical (unpaired) electrons. The molecule has 5 rings (SSSR count). The minimum atomic E-state index is -1.15. The quantitative estimate of drug-likeness (QED) is 0.910. The second kappa shape index (κ2) is 5.76. The molecule has 128 valence electrons. The maximum absolute atomic E-state index is 12.5. The van der Waals surface area contributed by atoms with Crippen molar-refractivity contribution < 1.29 is 14.7 Å². The van der Waals surface area contributed by atoms with E-state index in [1.165, 1.54) is 19.3 Å². The monoisotopic (exact) mass is 346 g/mol. The van der Waals surface area contributed by atoms with Crippen molar-refractivity contribution in [3.05, 3.63) is 34.9 Å². The molecular weight excluding hydrogens is 326 g/mol. The van der Waals surface area contributed by atoms with Crippen LogP contribution in [-0.2, 0) is 4.79 Å². The third kappa shape index (κ3) is 2.71. The van der Waals surface area contributed by atoms with E-state index in [1.54, 1.807) is 24.3 Å². The fourth-order valence-corrected chi connectivity index (χ4v) is 5.93. The van der Waals surface area contributed by atoms with Crippen molar-refractivity contribution in [1.82, 2.24) is 5.32 Å². The minimum Gasteiger partial charge on any atom is -0.548 e. The molecule has 1 aromatic carbocycles. The number of amides is 1. The van der Waals surface area contributed by atoms with E-state index < -0.39 is 12.0 Å². The average molecular weight is 347 g/mol. The predicted octanol–water partition coefficient (Wildman–Crippen LogP) is 2.40. The zero-order chi connectivity index (χ0) is 16.9. The number of carboxylic acids is 1. The third-order valence-electron chi connectivity index (χ3n) is 6.32. The van der Waals surface area contributed by atoms with E-state index >= 15 is 0 Å². The van der Waals surface area contributed by atoms with E-state index in [9.17, 15) is 14.7 Å². The molecule has 1 N–H and O–H groups in total. The smallest absolute Gasteiger partial charge is 0.251 e. The number of hydrogen-bond acceptors (Lipinski definition) is 3. The van der Waals surface area contributed by atoms with Crippen LogP contribution < -0.4 is 10.4 Å². The van der Waals surface area contributed by atoms with Crippen molar-refractivity contribution in [1.29, 1.82) is 0 Å². The summed E-state index contributed by atoms with van der Waals surface area (Å²) in [4.78, 5) is 24.4. The number of benzene rings is 1. The van der Waals surface area contributed by atoms with E-state index in [-0.39, 0.29) is 11.3 Å². The van der Waals surface area contributed by atoms with Crippen LogP contribution in [0.15, 0.2) is 24.3 Å². The highest BCUT2D eigenvalue weighted by Crippen LogP contribution is 2.61. The Hall–Kier alpha value is -1.55. The highest BCUT2D eigenvalue weighted by atomic mass is 35.5. The second-order valence-corrected chi connectivity index (χ2v) is 8.45. The van der Waals surface area contributed by atoms with E-state index in [2.05, 4.69) is 5.32 Å². The van der Waals surface area contributed by atoms with Gasteiger partial charge >= 0.3 is 0 Å². The number of hydrogen-bond donors (Lipinski definition) is 1. The number of aliphatic carboxylic acids is 1. The van der Waals surface area contributed by atoms with Crippen LogP contribution in [0.4, 0.5) is 0 Å². The van der Waals surface area contributed by atoms with Gasteiger partial charge in [0.05, 0.1) is 12.0 Å². The molecule has 4 aliphatic rings. The minimum absolute atomic E-state index is 0.324. The molecule has 1 atom stereocenters. The number of carbonyl (C=O) groups excluding carboxylic acids is 2. The van der Waals surface area contributed by atoms with Gasteiger partial charge in [-0.3, -0.25) is 4.79 Å². The predicted molar refractivity (Wildman–Crippen MR) is 88.3 cm³/mol. The first kappa shape index (κ1) is 15.9. The fourth-order valence-electron chi connectivity index (χ4n) is 5.81. The topological polar surface area (TPSA) is 69.2 Å². The molecule has 0 unspecified atom stereocenters. The molecule has 1 amide bonds. The Morgan fingerprint density at radius 3 is 2.00 bits per heavy atom. The summed E-state index contributed by atoms with van der Waals surface area (Å²) in [5.74, 6) is 0.331. The van der Waals surface area contributed by atoms with Gasteiger partial charge in [-0.15, -0.1) is 0 Å². The normalized spacial score (nSPS) is 34.8. The fraction of sp³-hybridized carbons (Fsp3) is 0.579. The van der Waals surface area contributed by atoms with Gasteiger partial charge in [-0.1, -0.05) is 11.6 Å². The average Bonchev–Trinajstić information content (AvgIpc) is 2.51. The van der Waals surface area contributed by atoms with Crippen LogP contribution in [0, 0.1) is 23.2 Å². The highest BCUT2D eigenvalue weighted by Gasteiger charge is 2.54. The Kier molecular flexibility index (Phi) is 3.83. The van der Waals surface area contributed by atoms with Crippen molar-refractivity contribution in [2.75, 3.05) is 0 Å². The van der Waals surface area contributed by atoms with Crippen molar-refractivity contribution in [3.63, 3.8) is 0 Å². The summed E-state index contributed by atoms with van der Waals surface area (Å²) in [7, 11) is 0. The van der Waals surface area contributed by atoms with Gasteiger partial charge in [0, 0.05) is 10.6 Å². The lowest BCUT2D eigenvalue weighted by molar-refractivity contribution is -0.313. The molecule has 4 fully saturated rings. The maximum Gasteiger partial charge on any atom is 0.251 e. The van der Waals surface area contributed by atoms with E-state index in [0.717, 1.165) is 19.3 Å². The summed E-state index contributed by atoms with van der Waals surface area (Å²) >= 11 is 5.85. The zero-order valence-electron chi connectivity index (χ0n) is 13.5. The lowest BCUT2D eigenvalue weighted by Gasteiger charge is -2.59. The van der Waals surface area contributed by atoms with Crippen LogP contribution in [0.2, 0.25) is 5.02 Å². The maximum atomic E-state index is 12.5. The largest absolute Gasteiger partial charge is 0.548 e. The van der Waals surface area contributed by atoms with Crippen LogP contribution in [0.1, 0.15) is 48.9 Å². The lowest BCUT2D eigenvalue weighted by Crippen LogP contribution is -2.62. The first-order chi connectivity index (χ1) is 11.4. The molecule has 4 bridgehead atoms. The van der Waals surface area contributed by atoms with E-state index in [1.807, 2.05) is 0 Å². The molecule has 5 heteroatoms. The molecular formula is C19H21ClNO3-. The van der Waals surface area contributed by atoms with Gasteiger partial charge in [0.1, 0.15) is 0 Å². The molecule has 4 saturated carbocycles. The second-order valence-electron chi connectivity index (χ2n) is 8.01.